The van der Waals surface area contributed by atoms with Gasteiger partial charge in [-0.2, -0.15) is 0 Å². The highest BCUT2D eigenvalue weighted by Crippen LogP contribution is 2.14. The molecule has 0 aliphatic heterocycles. The molecule has 3 nitrogen and oxygen atoms in total. The van der Waals surface area contributed by atoms with Gasteiger partial charge in [-0.1, -0.05) is 90.9 Å². The van der Waals surface area contributed by atoms with Gasteiger partial charge in [-0.05, 0) is 19.3 Å². The zero-order valence-corrected chi connectivity index (χ0v) is 16.5. The average Bonchev–Trinajstić information content (AvgIpc) is 2.52. The van der Waals surface area contributed by atoms with Crippen molar-refractivity contribution in [2.45, 2.75) is 117 Å². The van der Waals surface area contributed by atoms with E-state index in [2.05, 4.69) is 13.8 Å². The van der Waals surface area contributed by atoms with Crippen molar-refractivity contribution < 1.29 is 14.6 Å². The second kappa shape index (κ2) is 17.3. The molecule has 0 saturated carbocycles. The SMILES string of the molecule is CC(C)CCCCCCCCCCCCCCC(=O)OC[C@H](C)O. The third-order valence-corrected chi connectivity index (χ3v) is 4.40. The average molecular weight is 343 g/mol. The van der Waals surface area contributed by atoms with Gasteiger partial charge in [-0.25, -0.2) is 0 Å². The van der Waals surface area contributed by atoms with Crippen LogP contribution in [0.5, 0.6) is 0 Å². The summed E-state index contributed by atoms with van der Waals surface area (Å²) in [4.78, 5) is 11.3. The number of carbonyl (C=O) groups excluding carboxylic acids is 1. The highest BCUT2D eigenvalue weighted by atomic mass is 16.5. The molecule has 0 aromatic rings. The van der Waals surface area contributed by atoms with Gasteiger partial charge in [0.05, 0.1) is 6.10 Å². The van der Waals surface area contributed by atoms with E-state index in [1.165, 1.54) is 70.6 Å². The second-order valence-corrected chi connectivity index (χ2v) is 7.71. The van der Waals surface area contributed by atoms with Crippen LogP contribution >= 0.6 is 0 Å². The Morgan fingerprint density at radius 2 is 1.17 bits per heavy atom. The van der Waals surface area contributed by atoms with Crippen LogP contribution in [0.1, 0.15) is 111 Å². The monoisotopic (exact) mass is 342 g/mol. The Balaban J connectivity index is 3.11. The summed E-state index contributed by atoms with van der Waals surface area (Å²) < 4.78 is 4.93. The van der Waals surface area contributed by atoms with Crippen LogP contribution < -0.4 is 0 Å². The Hall–Kier alpha value is -0.570. The molecule has 0 aliphatic carbocycles. The van der Waals surface area contributed by atoms with E-state index in [0.717, 1.165) is 18.8 Å². The molecular formula is C21H42O3. The minimum Gasteiger partial charge on any atom is -0.463 e. The Bertz CT molecular complexity index is 274. The van der Waals surface area contributed by atoms with Crippen molar-refractivity contribution >= 4 is 5.97 Å². The summed E-state index contributed by atoms with van der Waals surface area (Å²) in [5, 5.41) is 9.03. The third kappa shape index (κ3) is 19.5. The van der Waals surface area contributed by atoms with Crippen molar-refractivity contribution in [3.63, 3.8) is 0 Å². The van der Waals surface area contributed by atoms with Crippen LogP contribution in [0.2, 0.25) is 0 Å². The molecule has 0 saturated heterocycles. The molecule has 0 rings (SSSR count). The zero-order chi connectivity index (χ0) is 18.0. The van der Waals surface area contributed by atoms with Crippen molar-refractivity contribution in [2.75, 3.05) is 6.61 Å². The van der Waals surface area contributed by atoms with Crippen molar-refractivity contribution in [3.05, 3.63) is 0 Å². The largest absolute Gasteiger partial charge is 0.463 e. The molecule has 0 aromatic carbocycles. The van der Waals surface area contributed by atoms with Gasteiger partial charge in [-0.3, -0.25) is 4.79 Å². The predicted octanol–water partition coefficient (Wildman–Crippen LogP) is 6.03. The minimum atomic E-state index is -0.561. The van der Waals surface area contributed by atoms with Crippen molar-refractivity contribution in [1.29, 1.82) is 0 Å². The smallest absolute Gasteiger partial charge is 0.305 e. The quantitative estimate of drug-likeness (QED) is 0.259. The third-order valence-electron chi connectivity index (χ3n) is 4.40. The molecule has 0 aliphatic rings. The summed E-state index contributed by atoms with van der Waals surface area (Å²) in [6.45, 7) is 6.36. The lowest BCUT2D eigenvalue weighted by atomic mass is 10.0. The van der Waals surface area contributed by atoms with Crippen LogP contribution in [-0.4, -0.2) is 23.8 Å². The standard InChI is InChI=1S/C21H42O3/c1-19(2)16-14-12-10-8-6-4-5-7-9-11-13-15-17-21(23)24-18-20(3)22/h19-20,22H,4-18H2,1-3H3/t20-/m0/s1. The van der Waals surface area contributed by atoms with Gasteiger partial charge in [0.25, 0.3) is 0 Å². The van der Waals surface area contributed by atoms with E-state index < -0.39 is 6.10 Å². The Labute approximate surface area is 150 Å². The normalized spacial score (nSPS) is 12.5. The molecule has 144 valence electrons. The second-order valence-electron chi connectivity index (χ2n) is 7.71. The van der Waals surface area contributed by atoms with E-state index in [1.807, 2.05) is 0 Å². The fourth-order valence-electron chi connectivity index (χ4n) is 2.88. The van der Waals surface area contributed by atoms with Gasteiger partial charge in [0, 0.05) is 6.42 Å². The van der Waals surface area contributed by atoms with Gasteiger partial charge >= 0.3 is 5.97 Å². The lowest BCUT2D eigenvalue weighted by Crippen LogP contribution is -2.14. The minimum absolute atomic E-state index is 0.122. The number of carbonyl (C=O) groups is 1. The summed E-state index contributed by atoms with van der Waals surface area (Å²) in [7, 11) is 0. The van der Waals surface area contributed by atoms with Gasteiger partial charge < -0.3 is 9.84 Å². The molecule has 0 fully saturated rings. The molecule has 3 heteroatoms. The maximum atomic E-state index is 11.3. The van der Waals surface area contributed by atoms with E-state index in [9.17, 15) is 4.79 Å². The first kappa shape index (κ1) is 23.4. The molecular weight excluding hydrogens is 300 g/mol. The van der Waals surface area contributed by atoms with Crippen LogP contribution in [0.15, 0.2) is 0 Å². The molecule has 0 amide bonds. The number of aliphatic hydroxyl groups excluding tert-OH is 1. The highest BCUT2D eigenvalue weighted by molar-refractivity contribution is 5.69. The first-order valence-corrected chi connectivity index (χ1v) is 10.4. The summed E-state index contributed by atoms with van der Waals surface area (Å²) in [6.07, 6.45) is 17.0. The fourth-order valence-corrected chi connectivity index (χ4v) is 2.88. The fraction of sp³-hybridized carbons (Fsp3) is 0.952. The Kier molecular flexibility index (Phi) is 16.8. The first-order chi connectivity index (χ1) is 11.5. The number of ether oxygens (including phenoxy) is 1. The number of rotatable bonds is 17. The first-order valence-electron chi connectivity index (χ1n) is 10.4. The topological polar surface area (TPSA) is 46.5 Å². The van der Waals surface area contributed by atoms with Crippen molar-refractivity contribution in [3.8, 4) is 0 Å². The molecule has 1 N–H and O–H groups in total. The summed E-state index contributed by atoms with van der Waals surface area (Å²) in [6, 6.07) is 0. The molecule has 0 aromatic heterocycles. The van der Waals surface area contributed by atoms with Gasteiger partial charge in [-0.15, -0.1) is 0 Å². The van der Waals surface area contributed by atoms with Crippen LogP contribution in [0.3, 0.4) is 0 Å². The molecule has 0 spiro atoms. The number of hydrogen-bond donors (Lipinski definition) is 1. The van der Waals surface area contributed by atoms with Gasteiger partial charge in [0.2, 0.25) is 0 Å². The predicted molar refractivity (Wildman–Crippen MR) is 102 cm³/mol. The van der Waals surface area contributed by atoms with E-state index in [-0.39, 0.29) is 12.6 Å². The van der Waals surface area contributed by atoms with Gasteiger partial charge in [0.15, 0.2) is 0 Å². The lowest BCUT2D eigenvalue weighted by molar-refractivity contribution is -0.146. The van der Waals surface area contributed by atoms with E-state index in [0.29, 0.717) is 6.42 Å². The van der Waals surface area contributed by atoms with Gasteiger partial charge in [0.1, 0.15) is 6.61 Å². The van der Waals surface area contributed by atoms with E-state index in [1.54, 1.807) is 6.92 Å². The molecule has 24 heavy (non-hydrogen) atoms. The van der Waals surface area contributed by atoms with E-state index in [4.69, 9.17) is 9.84 Å². The summed E-state index contributed by atoms with van der Waals surface area (Å²) >= 11 is 0. The molecule has 0 heterocycles. The molecule has 1 atom stereocenters. The number of hydrogen-bond acceptors (Lipinski definition) is 3. The number of unbranched alkanes of at least 4 members (excludes halogenated alkanes) is 11. The maximum absolute atomic E-state index is 11.3. The zero-order valence-electron chi connectivity index (χ0n) is 16.5. The molecule has 0 bridgehead atoms. The van der Waals surface area contributed by atoms with Crippen molar-refractivity contribution in [1.82, 2.24) is 0 Å². The Morgan fingerprint density at radius 1 is 0.750 bits per heavy atom. The number of esters is 1. The Morgan fingerprint density at radius 3 is 1.58 bits per heavy atom. The molecule has 0 radical (unpaired) electrons. The van der Waals surface area contributed by atoms with Crippen LogP contribution in [0.4, 0.5) is 0 Å². The highest BCUT2D eigenvalue weighted by Gasteiger charge is 2.04. The molecule has 0 unspecified atom stereocenters. The summed E-state index contributed by atoms with van der Waals surface area (Å²) in [5.74, 6) is 0.684. The summed E-state index contributed by atoms with van der Waals surface area (Å²) in [5.41, 5.74) is 0. The van der Waals surface area contributed by atoms with E-state index >= 15 is 0 Å². The maximum Gasteiger partial charge on any atom is 0.305 e. The number of aliphatic hydroxyl groups is 1. The van der Waals surface area contributed by atoms with Crippen molar-refractivity contribution in [2.24, 2.45) is 5.92 Å². The van der Waals surface area contributed by atoms with Crippen LogP contribution in [0, 0.1) is 5.92 Å². The van der Waals surface area contributed by atoms with Crippen LogP contribution in [0.25, 0.3) is 0 Å². The van der Waals surface area contributed by atoms with Crippen LogP contribution in [-0.2, 0) is 9.53 Å². The lowest BCUT2D eigenvalue weighted by Gasteiger charge is -2.06.